The first-order valence-electron chi connectivity index (χ1n) is 11.5. The summed E-state index contributed by atoms with van der Waals surface area (Å²) in [5, 5.41) is 4.93. The molecule has 2 amide bonds. The molecule has 1 unspecified atom stereocenters. The van der Waals surface area contributed by atoms with E-state index in [-0.39, 0.29) is 0 Å². The third kappa shape index (κ3) is 7.41. The minimum Gasteiger partial charge on any atom is -0.467 e. The van der Waals surface area contributed by atoms with Crippen molar-refractivity contribution < 1.29 is 28.6 Å². The number of esters is 1. The highest BCUT2D eigenvalue weighted by molar-refractivity contribution is 7.08. The van der Waals surface area contributed by atoms with Crippen molar-refractivity contribution >= 4 is 42.8 Å². The molecule has 0 aliphatic rings. The van der Waals surface area contributed by atoms with E-state index in [2.05, 4.69) is 13.1 Å². The second kappa shape index (κ2) is 10.9. The highest BCUT2D eigenvalue weighted by Crippen LogP contribution is 2.36. The Morgan fingerprint density at radius 2 is 1.40 bits per heavy atom. The molecule has 192 valence electrons. The summed E-state index contributed by atoms with van der Waals surface area (Å²) in [6.07, 6.45) is -1.92. The van der Waals surface area contributed by atoms with E-state index >= 15 is 0 Å². The Labute approximate surface area is 213 Å². The molecule has 0 radical (unpaired) electrons. The molecule has 35 heavy (non-hydrogen) atoms. The Morgan fingerprint density at radius 1 is 0.886 bits per heavy atom. The van der Waals surface area contributed by atoms with Crippen LogP contribution in [0.25, 0.3) is 0 Å². The second-order valence-electron chi connectivity index (χ2n) is 10.9. The largest absolute Gasteiger partial charge is 0.467 e. The van der Waals surface area contributed by atoms with Crippen molar-refractivity contribution in [3.8, 4) is 0 Å². The van der Waals surface area contributed by atoms with Crippen molar-refractivity contribution in [2.24, 2.45) is 0 Å². The van der Waals surface area contributed by atoms with Crippen molar-refractivity contribution in [2.75, 3.05) is 7.11 Å². The number of rotatable bonds is 6. The molecule has 7 nitrogen and oxygen atoms in total. The number of nitrogens with zero attached hydrogens (tertiary/aromatic N) is 1. The number of imide groups is 1. The predicted octanol–water partition coefficient (Wildman–Crippen LogP) is 5.70. The number of ether oxygens (including phenoxy) is 3. The third-order valence-electron chi connectivity index (χ3n) is 5.41. The fraction of sp³-hybridized carbons (Fsp3) is 0.500. The Morgan fingerprint density at radius 3 is 1.80 bits per heavy atom. The highest BCUT2D eigenvalue weighted by atomic mass is 32.1. The Hall–Kier alpha value is -2.65. The lowest BCUT2D eigenvalue weighted by molar-refractivity contribution is -0.147. The molecule has 0 saturated carbocycles. The molecular formula is C26H37NO6SSi. The molecule has 1 aromatic heterocycles. The van der Waals surface area contributed by atoms with E-state index in [1.165, 1.54) is 18.4 Å². The molecule has 0 N–H and O–H groups in total. The maximum absolute atomic E-state index is 13.5. The summed E-state index contributed by atoms with van der Waals surface area (Å²) in [6.45, 7) is 14.4. The van der Waals surface area contributed by atoms with Gasteiger partial charge in [0, 0.05) is 5.54 Å². The molecule has 2 aromatic rings. The van der Waals surface area contributed by atoms with Gasteiger partial charge >= 0.3 is 18.2 Å². The molecule has 0 saturated heterocycles. The van der Waals surface area contributed by atoms with Crippen molar-refractivity contribution in [3.05, 3.63) is 52.7 Å². The molecule has 0 aliphatic heterocycles. The fourth-order valence-electron chi connectivity index (χ4n) is 3.93. The molecule has 2 atom stereocenters. The van der Waals surface area contributed by atoms with Crippen LogP contribution in [0.2, 0.25) is 13.1 Å². The lowest BCUT2D eigenvalue weighted by Gasteiger charge is -2.41. The van der Waals surface area contributed by atoms with E-state index < -0.39 is 49.0 Å². The van der Waals surface area contributed by atoms with Crippen LogP contribution in [0, 0.1) is 0 Å². The summed E-state index contributed by atoms with van der Waals surface area (Å²) < 4.78 is 16.4. The van der Waals surface area contributed by atoms with E-state index in [1.54, 1.807) is 41.5 Å². The molecular weight excluding hydrogens is 482 g/mol. The van der Waals surface area contributed by atoms with Crippen LogP contribution in [-0.4, -0.2) is 55.5 Å². The summed E-state index contributed by atoms with van der Waals surface area (Å²) in [5.74, 6) is -0.713. The molecule has 0 aliphatic carbocycles. The summed E-state index contributed by atoms with van der Waals surface area (Å²) in [6, 6.07) is 10.5. The molecule has 2 rings (SSSR count). The lowest BCUT2D eigenvalue weighted by atomic mass is 10.1. The van der Waals surface area contributed by atoms with Crippen LogP contribution in [0.15, 0.2) is 47.2 Å². The minimum atomic E-state index is -2.58. The normalized spacial score (nSPS) is 14.0. The van der Waals surface area contributed by atoms with Gasteiger partial charge in [0.1, 0.15) is 17.2 Å². The zero-order valence-electron chi connectivity index (χ0n) is 22.1. The first-order chi connectivity index (χ1) is 16.1. The Bertz CT molecular complexity index is 981. The number of carbonyl (C=O) groups is 3. The molecule has 9 heteroatoms. The van der Waals surface area contributed by atoms with Gasteiger partial charge in [-0.15, -0.1) is 0 Å². The average Bonchev–Trinajstić information content (AvgIpc) is 3.24. The maximum Gasteiger partial charge on any atom is 0.420 e. The fourth-order valence-corrected chi connectivity index (χ4v) is 8.24. The number of methoxy groups -OCH3 is 1. The van der Waals surface area contributed by atoms with Gasteiger partial charge in [-0.2, -0.15) is 16.2 Å². The summed E-state index contributed by atoms with van der Waals surface area (Å²) >= 11 is 1.48. The van der Waals surface area contributed by atoms with Gasteiger partial charge in [-0.05, 0) is 63.9 Å². The van der Waals surface area contributed by atoms with Gasteiger partial charge in [-0.1, -0.05) is 48.6 Å². The number of hydrogen-bond donors (Lipinski definition) is 0. The standard InChI is InChI=1S/C26H37NO6SSi/c1-25(2,3)32-23(29)27(24(30)33-26(4,5)6)20(22(28)31-7)21(18-15-16-34-17-18)35(8,9)19-13-11-10-12-14-19/h10-17,20-21H,1-9H3/t20?,21-/m1/s1. The van der Waals surface area contributed by atoms with Crippen molar-refractivity contribution in [1.29, 1.82) is 0 Å². The highest BCUT2D eigenvalue weighted by Gasteiger charge is 2.51. The Kier molecular flexibility index (Phi) is 8.94. The first-order valence-corrected chi connectivity index (χ1v) is 15.5. The van der Waals surface area contributed by atoms with E-state index in [4.69, 9.17) is 14.2 Å². The number of carbonyl (C=O) groups excluding carboxylic acids is 3. The van der Waals surface area contributed by atoms with Crippen LogP contribution in [0.3, 0.4) is 0 Å². The van der Waals surface area contributed by atoms with Gasteiger partial charge < -0.3 is 14.2 Å². The van der Waals surface area contributed by atoms with Gasteiger partial charge in [-0.3, -0.25) is 0 Å². The summed E-state index contributed by atoms with van der Waals surface area (Å²) in [4.78, 5) is 41.3. The van der Waals surface area contributed by atoms with Crippen LogP contribution < -0.4 is 5.19 Å². The van der Waals surface area contributed by atoms with Crippen molar-refractivity contribution in [1.82, 2.24) is 4.90 Å². The monoisotopic (exact) mass is 519 g/mol. The van der Waals surface area contributed by atoms with Crippen LogP contribution >= 0.6 is 11.3 Å². The van der Waals surface area contributed by atoms with Crippen LogP contribution in [0.1, 0.15) is 52.6 Å². The topological polar surface area (TPSA) is 82.1 Å². The van der Waals surface area contributed by atoms with Crippen molar-refractivity contribution in [3.63, 3.8) is 0 Å². The zero-order chi connectivity index (χ0) is 26.6. The zero-order valence-corrected chi connectivity index (χ0v) is 23.9. The van der Waals surface area contributed by atoms with Gasteiger partial charge in [-0.25, -0.2) is 14.4 Å². The smallest absolute Gasteiger partial charge is 0.420 e. The minimum absolute atomic E-state index is 0.524. The van der Waals surface area contributed by atoms with E-state index in [0.717, 1.165) is 15.7 Å². The van der Waals surface area contributed by atoms with Gasteiger partial charge in [0.05, 0.1) is 15.2 Å². The second-order valence-corrected chi connectivity index (χ2v) is 16.3. The SMILES string of the molecule is COC(=O)C([C@@H](c1ccsc1)[Si](C)(C)c1ccccc1)N(C(=O)OC(C)(C)C)C(=O)OC(C)(C)C. The molecule has 1 heterocycles. The molecule has 0 bridgehead atoms. The van der Waals surface area contributed by atoms with Gasteiger partial charge in [0.25, 0.3) is 0 Å². The van der Waals surface area contributed by atoms with Crippen LogP contribution in [-0.2, 0) is 19.0 Å². The van der Waals surface area contributed by atoms with Crippen LogP contribution in [0.4, 0.5) is 9.59 Å². The number of benzene rings is 1. The first kappa shape index (κ1) is 28.6. The Balaban J connectivity index is 2.78. The number of amides is 2. The van der Waals surface area contributed by atoms with Crippen LogP contribution in [0.5, 0.6) is 0 Å². The lowest BCUT2D eigenvalue weighted by Crippen LogP contribution is -2.61. The van der Waals surface area contributed by atoms with E-state index in [9.17, 15) is 14.4 Å². The van der Waals surface area contributed by atoms with E-state index in [1.807, 2.05) is 47.2 Å². The van der Waals surface area contributed by atoms with Gasteiger partial charge in [0.2, 0.25) is 0 Å². The molecule has 1 aromatic carbocycles. The molecule has 0 fully saturated rings. The van der Waals surface area contributed by atoms with E-state index in [0.29, 0.717) is 0 Å². The molecule has 0 spiro atoms. The number of hydrogen-bond acceptors (Lipinski definition) is 7. The number of thiophene rings is 1. The summed E-state index contributed by atoms with van der Waals surface area (Å²) in [5.41, 5.74) is -1.48. The maximum atomic E-state index is 13.5. The quantitative estimate of drug-likeness (QED) is 0.277. The predicted molar refractivity (Wildman–Crippen MR) is 141 cm³/mol. The van der Waals surface area contributed by atoms with Crippen molar-refractivity contribution in [2.45, 2.75) is 77.4 Å². The summed E-state index contributed by atoms with van der Waals surface area (Å²) in [7, 11) is -1.33. The third-order valence-corrected chi connectivity index (χ3v) is 10.1. The van der Waals surface area contributed by atoms with Gasteiger partial charge in [0.15, 0.2) is 0 Å². The average molecular weight is 520 g/mol.